The fraction of sp³-hybridized carbons (Fsp3) is 0.316. The molecule has 1 unspecified atom stereocenters. The van der Waals surface area contributed by atoms with Crippen molar-refractivity contribution >= 4 is 21.7 Å². The summed E-state index contributed by atoms with van der Waals surface area (Å²) in [4.78, 5) is 12.8. The summed E-state index contributed by atoms with van der Waals surface area (Å²) in [6.07, 6.45) is -9.19. The van der Waals surface area contributed by atoms with Crippen molar-refractivity contribution in [3.63, 3.8) is 0 Å². The molecule has 0 amide bonds. The van der Waals surface area contributed by atoms with Crippen LogP contribution in [0.25, 0.3) is 0 Å². The van der Waals surface area contributed by atoms with Crippen LogP contribution in [-0.4, -0.2) is 29.7 Å². The van der Waals surface area contributed by atoms with Crippen molar-refractivity contribution in [2.24, 2.45) is 0 Å². The molecule has 0 spiro atoms. The predicted molar refractivity (Wildman–Crippen MR) is 93.2 cm³/mol. The van der Waals surface area contributed by atoms with E-state index in [0.29, 0.717) is 0 Å². The lowest BCUT2D eigenvalue weighted by molar-refractivity contribution is -0.396. The molecule has 30 heavy (non-hydrogen) atoms. The average molecular weight is 507 g/mol. The van der Waals surface area contributed by atoms with Crippen molar-refractivity contribution in [1.82, 2.24) is 0 Å². The zero-order chi connectivity index (χ0) is 23.0. The molecule has 164 valence electrons. The van der Waals surface area contributed by atoms with Crippen molar-refractivity contribution in [3.05, 3.63) is 70.2 Å². The number of carbonyl (C=O) groups is 1. The third kappa shape index (κ3) is 4.35. The lowest BCUT2D eigenvalue weighted by Gasteiger charge is -2.35. The highest BCUT2D eigenvalue weighted by Gasteiger charge is 2.81. The lowest BCUT2D eigenvalue weighted by Crippen LogP contribution is -2.61. The Balaban J connectivity index is 2.53. The van der Waals surface area contributed by atoms with Crippen LogP contribution in [0.15, 0.2) is 59.1 Å². The molecule has 2 rings (SSSR count). The molecule has 0 saturated heterocycles. The van der Waals surface area contributed by atoms with Gasteiger partial charge < -0.3 is 0 Å². The molecule has 0 aliphatic heterocycles. The van der Waals surface area contributed by atoms with Crippen molar-refractivity contribution in [2.75, 3.05) is 0 Å². The van der Waals surface area contributed by atoms with Gasteiger partial charge in [-0.3, -0.25) is 4.79 Å². The third-order valence-electron chi connectivity index (χ3n) is 4.33. The maximum atomic E-state index is 14.2. The van der Waals surface area contributed by atoms with Gasteiger partial charge in [0.25, 0.3) is 0 Å². The second kappa shape index (κ2) is 8.24. The minimum atomic E-state index is -7.01. The van der Waals surface area contributed by atoms with Gasteiger partial charge in [0.05, 0.1) is 5.92 Å². The molecular weight excluding hydrogens is 495 g/mol. The largest absolute Gasteiger partial charge is 0.460 e. The summed E-state index contributed by atoms with van der Waals surface area (Å²) < 4.78 is 120. The molecule has 0 aliphatic carbocycles. The fourth-order valence-corrected chi connectivity index (χ4v) is 3.17. The molecule has 0 bridgehead atoms. The van der Waals surface area contributed by atoms with Crippen LogP contribution in [0.2, 0.25) is 0 Å². The topological polar surface area (TPSA) is 17.1 Å². The van der Waals surface area contributed by atoms with E-state index in [0.717, 1.165) is 12.1 Å². The molecule has 2 aromatic carbocycles. The van der Waals surface area contributed by atoms with Gasteiger partial charge in [0, 0.05) is 16.5 Å². The Morgan fingerprint density at radius 3 is 1.77 bits per heavy atom. The van der Waals surface area contributed by atoms with Crippen molar-refractivity contribution in [1.29, 1.82) is 0 Å². The molecule has 2 aromatic rings. The zero-order valence-corrected chi connectivity index (χ0v) is 16.3. The van der Waals surface area contributed by atoms with Gasteiger partial charge in [-0.25, -0.2) is 0 Å². The van der Waals surface area contributed by atoms with Crippen molar-refractivity contribution < 1.29 is 44.3 Å². The minimum Gasteiger partial charge on any atom is -0.293 e. The molecule has 0 aromatic heterocycles. The van der Waals surface area contributed by atoms with E-state index >= 15 is 0 Å². The van der Waals surface area contributed by atoms with E-state index in [9.17, 15) is 44.3 Å². The maximum absolute atomic E-state index is 14.2. The van der Waals surface area contributed by atoms with Gasteiger partial charge in [-0.2, -0.15) is 39.5 Å². The minimum absolute atomic E-state index is 0.103. The number of carbonyl (C=O) groups excluding carboxylic acids is 1. The molecule has 0 aliphatic rings. The van der Waals surface area contributed by atoms with Gasteiger partial charge in [-0.05, 0) is 11.6 Å². The van der Waals surface area contributed by atoms with Crippen LogP contribution in [0, 0.1) is 0 Å². The highest BCUT2D eigenvalue weighted by molar-refractivity contribution is 9.10. The summed E-state index contributed by atoms with van der Waals surface area (Å²) in [5.41, 5.74) is -0.475. The zero-order valence-electron chi connectivity index (χ0n) is 14.7. The maximum Gasteiger partial charge on any atom is 0.460 e. The van der Waals surface area contributed by atoms with E-state index in [1.807, 2.05) is 0 Å². The first-order chi connectivity index (χ1) is 13.6. The van der Waals surface area contributed by atoms with Gasteiger partial charge in [0.2, 0.25) is 0 Å². The number of rotatable bonds is 7. The van der Waals surface area contributed by atoms with E-state index in [1.54, 1.807) is 0 Å². The number of alkyl halides is 9. The number of hydrogen-bond donors (Lipinski definition) is 0. The van der Waals surface area contributed by atoms with E-state index in [-0.39, 0.29) is 15.6 Å². The number of hydrogen-bond acceptors (Lipinski definition) is 1. The summed E-state index contributed by atoms with van der Waals surface area (Å²) in [5, 5.41) is 0. The molecule has 0 radical (unpaired) electrons. The van der Waals surface area contributed by atoms with Crippen molar-refractivity contribution in [2.45, 2.75) is 36.3 Å². The highest BCUT2D eigenvalue weighted by atomic mass is 79.9. The Bertz CT molecular complexity index is 894. The van der Waals surface area contributed by atoms with Gasteiger partial charge in [-0.15, -0.1) is 0 Å². The first-order valence-electron chi connectivity index (χ1n) is 8.17. The fourth-order valence-electron chi connectivity index (χ4n) is 2.69. The quantitative estimate of drug-likeness (QED) is 0.285. The van der Waals surface area contributed by atoms with Gasteiger partial charge in [-0.1, -0.05) is 64.5 Å². The second-order valence-electron chi connectivity index (χ2n) is 6.36. The predicted octanol–water partition coefficient (Wildman–Crippen LogP) is 7.27. The van der Waals surface area contributed by atoms with Crippen molar-refractivity contribution in [3.8, 4) is 0 Å². The lowest BCUT2D eigenvalue weighted by atomic mass is 9.83. The summed E-state index contributed by atoms with van der Waals surface area (Å²) in [6.45, 7) is 0. The Labute approximate surface area is 173 Å². The normalized spacial score (nSPS) is 14.5. The Morgan fingerprint density at radius 2 is 1.27 bits per heavy atom. The van der Waals surface area contributed by atoms with E-state index in [1.165, 1.54) is 42.5 Å². The third-order valence-corrected chi connectivity index (χ3v) is 5.02. The standard InChI is InChI=1S/C19H12BrF9O/c20-14-9-5-4-8-12(14)15(30)13(11-6-2-1-3-7-11)10-16(21,22)17(23,24)18(25,26)19(27,28)29/h1-9,13H,10H2. The second-order valence-corrected chi connectivity index (χ2v) is 7.22. The first-order valence-corrected chi connectivity index (χ1v) is 8.96. The number of Topliss-reactive ketones (excluding diaryl/α,β-unsaturated/α-hetero) is 1. The smallest absolute Gasteiger partial charge is 0.293 e. The Kier molecular flexibility index (Phi) is 6.65. The van der Waals surface area contributed by atoms with Crippen LogP contribution in [0.3, 0.4) is 0 Å². The Hall–Kier alpha value is -2.04. The van der Waals surface area contributed by atoms with E-state index < -0.39 is 42.1 Å². The van der Waals surface area contributed by atoms with Crippen LogP contribution in [0.5, 0.6) is 0 Å². The number of halogens is 10. The van der Waals surface area contributed by atoms with Crippen LogP contribution in [-0.2, 0) is 0 Å². The number of ketones is 1. The van der Waals surface area contributed by atoms with E-state index in [2.05, 4.69) is 15.9 Å². The monoisotopic (exact) mass is 506 g/mol. The molecule has 1 atom stereocenters. The molecule has 0 N–H and O–H groups in total. The van der Waals surface area contributed by atoms with Crippen LogP contribution in [0.1, 0.15) is 28.3 Å². The van der Waals surface area contributed by atoms with Crippen LogP contribution >= 0.6 is 15.9 Å². The molecule has 1 nitrogen and oxygen atoms in total. The average Bonchev–Trinajstić information content (AvgIpc) is 2.65. The number of benzene rings is 2. The molecule has 0 saturated carbocycles. The molecule has 11 heteroatoms. The van der Waals surface area contributed by atoms with Crippen LogP contribution < -0.4 is 0 Å². The van der Waals surface area contributed by atoms with E-state index in [4.69, 9.17) is 0 Å². The molecule has 0 fully saturated rings. The summed E-state index contributed by atoms with van der Waals surface area (Å²) in [7, 11) is 0. The SMILES string of the molecule is O=C(c1ccccc1Br)C(CC(F)(F)C(F)(F)C(F)(F)C(F)(F)F)c1ccccc1. The molecule has 0 heterocycles. The van der Waals surface area contributed by atoms with Gasteiger partial charge in [0.1, 0.15) is 0 Å². The first kappa shape index (κ1) is 24.2. The van der Waals surface area contributed by atoms with Gasteiger partial charge in [0.15, 0.2) is 5.78 Å². The summed E-state index contributed by atoms with van der Waals surface area (Å²) in [5.74, 6) is -22.9. The van der Waals surface area contributed by atoms with Crippen LogP contribution in [0.4, 0.5) is 39.5 Å². The van der Waals surface area contributed by atoms with Gasteiger partial charge >= 0.3 is 23.9 Å². The Morgan fingerprint density at radius 1 is 0.767 bits per heavy atom. The molecular formula is C19H12BrF9O. The highest BCUT2D eigenvalue weighted by Crippen LogP contribution is 2.55. The summed E-state index contributed by atoms with van der Waals surface area (Å²) in [6, 6.07) is 11.5. The summed E-state index contributed by atoms with van der Waals surface area (Å²) >= 11 is 2.99.